The first-order valence-electron chi connectivity index (χ1n) is 12.1. The van der Waals surface area contributed by atoms with Crippen LogP contribution in [-0.2, 0) is 32.3 Å². The van der Waals surface area contributed by atoms with Gasteiger partial charge in [0, 0.05) is 7.05 Å². The second-order valence-corrected chi connectivity index (χ2v) is 10.1. The topological polar surface area (TPSA) is 167 Å². The van der Waals surface area contributed by atoms with Crippen LogP contribution in [-0.4, -0.2) is 62.1 Å². The maximum Gasteiger partial charge on any atom is 0.410 e. The van der Waals surface area contributed by atoms with Gasteiger partial charge in [-0.05, 0) is 45.4 Å². The lowest BCUT2D eigenvalue weighted by Gasteiger charge is -2.31. The van der Waals surface area contributed by atoms with E-state index in [0.29, 0.717) is 23.8 Å². The summed E-state index contributed by atoms with van der Waals surface area (Å²) in [6, 6.07) is 14.1. The van der Waals surface area contributed by atoms with Crippen molar-refractivity contribution in [2.45, 2.75) is 58.0 Å². The predicted octanol–water partition coefficient (Wildman–Crippen LogP) is 1.67. The molecule has 0 bridgehead atoms. The second-order valence-electron chi connectivity index (χ2n) is 10.1. The Balaban J connectivity index is 1.87. The predicted molar refractivity (Wildman–Crippen MR) is 139 cm³/mol. The van der Waals surface area contributed by atoms with E-state index in [1.165, 1.54) is 20.9 Å². The lowest BCUT2D eigenvalue weighted by atomic mass is 10.0. The molecule has 5 N–H and O–H groups in total. The molecule has 1 aromatic carbocycles. The third-order valence-corrected chi connectivity index (χ3v) is 6.19. The third-order valence-electron chi connectivity index (χ3n) is 6.19. The van der Waals surface area contributed by atoms with Crippen molar-refractivity contribution in [2.24, 2.45) is 11.5 Å². The molecule has 0 aliphatic carbocycles. The summed E-state index contributed by atoms with van der Waals surface area (Å²) in [6.07, 6.45) is -0.735. The van der Waals surface area contributed by atoms with Gasteiger partial charge in [0.05, 0.1) is 24.4 Å². The standard InChI is InChI=1S/C26H35N7O5/c1-25(2,28)23(35)29-19(16-37-14-17-10-7-6-8-11-17)21-31-30-20-13-9-12-18(33(20)21)15-38-24(36)32(5)26(3,4)22(27)34/h6-13,19H,14-16,28H2,1-5H3,(H2,27,34)(H,29,35)/t19-/m1/s1. The van der Waals surface area contributed by atoms with Gasteiger partial charge in [0.1, 0.15) is 18.2 Å². The fourth-order valence-electron chi connectivity index (χ4n) is 3.39. The minimum Gasteiger partial charge on any atom is -0.443 e. The average Bonchev–Trinajstić information content (AvgIpc) is 3.30. The molecule has 204 valence electrons. The molecule has 0 saturated carbocycles. The van der Waals surface area contributed by atoms with E-state index in [1.807, 2.05) is 30.3 Å². The Morgan fingerprint density at radius 1 is 1.03 bits per heavy atom. The normalized spacial score (nSPS) is 12.7. The quantitative estimate of drug-likeness (QED) is 0.340. The molecule has 12 nitrogen and oxygen atoms in total. The summed E-state index contributed by atoms with van der Waals surface area (Å²) in [6.45, 7) is 6.49. The zero-order valence-electron chi connectivity index (χ0n) is 22.3. The Morgan fingerprint density at radius 2 is 1.71 bits per heavy atom. The highest BCUT2D eigenvalue weighted by Crippen LogP contribution is 2.19. The molecule has 0 radical (unpaired) electrons. The number of likely N-dealkylation sites (N-methyl/N-ethyl adjacent to an activating group) is 1. The number of ether oxygens (including phenoxy) is 2. The van der Waals surface area contributed by atoms with Crippen LogP contribution in [0.5, 0.6) is 0 Å². The van der Waals surface area contributed by atoms with E-state index < -0.39 is 35.0 Å². The van der Waals surface area contributed by atoms with Crippen molar-refractivity contribution < 1.29 is 23.9 Å². The van der Waals surface area contributed by atoms with Gasteiger partial charge in [-0.3, -0.25) is 18.9 Å². The number of amides is 3. The van der Waals surface area contributed by atoms with E-state index in [-0.39, 0.29) is 13.2 Å². The summed E-state index contributed by atoms with van der Waals surface area (Å²) in [5.41, 5.74) is 11.0. The smallest absolute Gasteiger partial charge is 0.410 e. The summed E-state index contributed by atoms with van der Waals surface area (Å²) >= 11 is 0. The molecule has 38 heavy (non-hydrogen) atoms. The maximum atomic E-state index is 12.8. The first-order chi connectivity index (χ1) is 17.8. The molecule has 3 rings (SSSR count). The third kappa shape index (κ3) is 6.64. The minimum atomic E-state index is -1.24. The number of nitrogens with two attached hydrogens (primary N) is 2. The molecular weight excluding hydrogens is 490 g/mol. The van der Waals surface area contributed by atoms with E-state index in [0.717, 1.165) is 10.5 Å². The number of carbonyl (C=O) groups excluding carboxylic acids is 3. The van der Waals surface area contributed by atoms with Crippen LogP contribution in [0, 0.1) is 0 Å². The van der Waals surface area contributed by atoms with Crippen LogP contribution in [0.4, 0.5) is 4.79 Å². The number of benzene rings is 1. The van der Waals surface area contributed by atoms with Crippen molar-refractivity contribution in [3.05, 3.63) is 65.6 Å². The van der Waals surface area contributed by atoms with E-state index >= 15 is 0 Å². The van der Waals surface area contributed by atoms with Crippen LogP contribution >= 0.6 is 0 Å². The Labute approximate surface area is 221 Å². The first kappa shape index (κ1) is 28.5. The van der Waals surface area contributed by atoms with Crippen molar-refractivity contribution >= 4 is 23.6 Å². The summed E-state index contributed by atoms with van der Waals surface area (Å²) in [5.74, 6) is -0.693. The van der Waals surface area contributed by atoms with Crippen LogP contribution in [0.25, 0.3) is 5.65 Å². The molecule has 0 unspecified atom stereocenters. The lowest BCUT2D eigenvalue weighted by molar-refractivity contribution is -0.127. The zero-order valence-corrected chi connectivity index (χ0v) is 22.3. The van der Waals surface area contributed by atoms with Crippen molar-refractivity contribution in [3.8, 4) is 0 Å². The number of primary amides is 1. The number of nitrogens with zero attached hydrogens (tertiary/aromatic N) is 4. The Kier molecular flexibility index (Phi) is 8.69. The highest BCUT2D eigenvalue weighted by atomic mass is 16.6. The van der Waals surface area contributed by atoms with Crippen molar-refractivity contribution in [2.75, 3.05) is 13.7 Å². The highest BCUT2D eigenvalue weighted by molar-refractivity contribution is 5.87. The molecule has 2 heterocycles. The van der Waals surface area contributed by atoms with Crippen LogP contribution in [0.3, 0.4) is 0 Å². The monoisotopic (exact) mass is 525 g/mol. The van der Waals surface area contributed by atoms with Gasteiger partial charge in [-0.25, -0.2) is 4.79 Å². The largest absolute Gasteiger partial charge is 0.443 e. The Hall–Kier alpha value is -4.03. The molecule has 0 saturated heterocycles. The molecule has 0 fully saturated rings. The van der Waals surface area contributed by atoms with E-state index in [1.54, 1.807) is 36.4 Å². The molecule has 1 atom stereocenters. The molecule has 0 aliphatic heterocycles. The molecular formula is C26H35N7O5. The highest BCUT2D eigenvalue weighted by Gasteiger charge is 2.34. The summed E-state index contributed by atoms with van der Waals surface area (Å²) < 4.78 is 13.1. The first-order valence-corrected chi connectivity index (χ1v) is 12.1. The van der Waals surface area contributed by atoms with Crippen LogP contribution in [0.1, 0.15) is 50.8 Å². The lowest BCUT2D eigenvalue weighted by Crippen LogP contribution is -2.53. The molecule has 0 aliphatic rings. The van der Waals surface area contributed by atoms with Gasteiger partial charge >= 0.3 is 6.09 Å². The van der Waals surface area contributed by atoms with Gasteiger partial charge in [-0.1, -0.05) is 36.4 Å². The van der Waals surface area contributed by atoms with Crippen LogP contribution < -0.4 is 16.8 Å². The van der Waals surface area contributed by atoms with Gasteiger partial charge in [-0.2, -0.15) is 0 Å². The number of carbonyl (C=O) groups is 3. The number of hydrogen-bond acceptors (Lipinski definition) is 8. The summed E-state index contributed by atoms with van der Waals surface area (Å²) in [7, 11) is 1.43. The maximum absolute atomic E-state index is 12.8. The number of hydrogen-bond donors (Lipinski definition) is 3. The fourth-order valence-corrected chi connectivity index (χ4v) is 3.39. The SMILES string of the molecule is CN(C(=O)OCc1cccc2nnc([C@@H](COCc3ccccc3)NC(=O)C(C)(C)N)n12)C(C)(C)C(N)=O. The van der Waals surface area contributed by atoms with Crippen molar-refractivity contribution in [3.63, 3.8) is 0 Å². The van der Waals surface area contributed by atoms with E-state index in [2.05, 4.69) is 15.5 Å². The number of aromatic nitrogens is 3. The number of rotatable bonds is 11. The zero-order chi connectivity index (χ0) is 28.1. The van der Waals surface area contributed by atoms with Crippen molar-refractivity contribution in [1.82, 2.24) is 24.8 Å². The van der Waals surface area contributed by atoms with Crippen molar-refractivity contribution in [1.29, 1.82) is 0 Å². The van der Waals surface area contributed by atoms with Gasteiger partial charge in [-0.15, -0.1) is 10.2 Å². The van der Waals surface area contributed by atoms with Gasteiger partial charge in [0.2, 0.25) is 11.8 Å². The van der Waals surface area contributed by atoms with Gasteiger partial charge < -0.3 is 26.3 Å². The summed E-state index contributed by atoms with van der Waals surface area (Å²) in [5, 5.41) is 11.4. The van der Waals surface area contributed by atoms with Gasteiger partial charge in [0.15, 0.2) is 11.5 Å². The molecule has 12 heteroatoms. The Morgan fingerprint density at radius 3 is 2.34 bits per heavy atom. The van der Waals surface area contributed by atoms with Gasteiger partial charge in [0.25, 0.3) is 0 Å². The average molecular weight is 526 g/mol. The Bertz CT molecular complexity index is 1280. The number of fused-ring (bicyclic) bond motifs is 1. The molecule has 3 amide bonds. The number of nitrogens with one attached hydrogen (secondary N) is 1. The van der Waals surface area contributed by atoms with Crippen LogP contribution in [0.15, 0.2) is 48.5 Å². The van der Waals surface area contributed by atoms with Crippen LogP contribution in [0.2, 0.25) is 0 Å². The second kappa shape index (κ2) is 11.6. The van der Waals surface area contributed by atoms with E-state index in [4.69, 9.17) is 20.9 Å². The summed E-state index contributed by atoms with van der Waals surface area (Å²) in [4.78, 5) is 38.3. The fraction of sp³-hybridized carbons (Fsp3) is 0.423. The molecule has 2 aromatic heterocycles. The molecule has 0 spiro atoms. The van der Waals surface area contributed by atoms with E-state index in [9.17, 15) is 14.4 Å². The number of pyridine rings is 1. The minimum absolute atomic E-state index is 0.0845. The molecule has 3 aromatic rings.